The van der Waals surface area contributed by atoms with Gasteiger partial charge in [0.1, 0.15) is 6.10 Å². The first-order valence-electron chi connectivity index (χ1n) is 5.07. The number of nitrogens with two attached hydrogens (primary N) is 1. The molecule has 0 fully saturated rings. The number of anilines is 1. The third-order valence-electron chi connectivity index (χ3n) is 2.28. The van der Waals surface area contributed by atoms with Crippen LogP contribution in [0.2, 0.25) is 0 Å². The zero-order chi connectivity index (χ0) is 13.9. The number of benzene rings is 1. The second kappa shape index (κ2) is 6.12. The highest BCUT2D eigenvalue weighted by Gasteiger charge is 2.26. The summed E-state index contributed by atoms with van der Waals surface area (Å²) in [5.74, 6) is -2.59. The molecule has 7 heteroatoms. The number of hydrogen-bond donors (Lipinski definition) is 3. The fourth-order valence-corrected chi connectivity index (χ4v) is 1.96. The maximum Gasteiger partial charge on any atom is 0.185 e. The van der Waals surface area contributed by atoms with Crippen molar-refractivity contribution in [2.45, 2.75) is 19.1 Å². The number of thioether (sulfide) groups is 1. The number of carbonyl (C=O) groups excluding carboxylic acids is 1. The van der Waals surface area contributed by atoms with E-state index in [0.717, 1.165) is 23.9 Å². The molecule has 100 valence electrons. The molecule has 0 aromatic heterocycles. The van der Waals surface area contributed by atoms with Gasteiger partial charge in [-0.25, -0.2) is 8.78 Å². The normalized spacial score (nSPS) is 14.3. The van der Waals surface area contributed by atoms with E-state index in [2.05, 4.69) is 0 Å². The van der Waals surface area contributed by atoms with Crippen molar-refractivity contribution in [3.8, 4) is 0 Å². The quantitative estimate of drug-likeness (QED) is 0.721. The summed E-state index contributed by atoms with van der Waals surface area (Å²) in [4.78, 5) is 10.7. The molecule has 4 nitrogen and oxygen atoms in total. The summed E-state index contributed by atoms with van der Waals surface area (Å²) in [6, 6.07) is 1.93. The zero-order valence-corrected chi connectivity index (χ0v) is 10.4. The highest BCUT2D eigenvalue weighted by molar-refractivity contribution is 8.13. The van der Waals surface area contributed by atoms with Gasteiger partial charge in [0.25, 0.3) is 0 Å². The first kappa shape index (κ1) is 14.9. The van der Waals surface area contributed by atoms with Gasteiger partial charge in [0.15, 0.2) is 16.7 Å². The molecule has 0 saturated heterocycles. The third kappa shape index (κ3) is 3.41. The highest BCUT2D eigenvalue weighted by Crippen LogP contribution is 2.29. The monoisotopic (exact) mass is 277 g/mol. The smallest absolute Gasteiger partial charge is 0.185 e. The lowest BCUT2D eigenvalue weighted by molar-refractivity contribution is -0.109. The number of nitrogen functional groups attached to an aromatic ring is 1. The second-order valence-electron chi connectivity index (χ2n) is 3.68. The van der Waals surface area contributed by atoms with Gasteiger partial charge in [0, 0.05) is 23.9 Å². The number of aliphatic hydroxyl groups excluding tert-OH is 2. The average Bonchev–Trinajstić information content (AvgIpc) is 2.31. The molecule has 0 saturated carbocycles. The van der Waals surface area contributed by atoms with Crippen molar-refractivity contribution in [3.63, 3.8) is 0 Å². The van der Waals surface area contributed by atoms with Gasteiger partial charge >= 0.3 is 0 Å². The van der Waals surface area contributed by atoms with Crippen LogP contribution in [0.1, 0.15) is 18.6 Å². The van der Waals surface area contributed by atoms with Crippen LogP contribution >= 0.6 is 11.8 Å². The van der Waals surface area contributed by atoms with Gasteiger partial charge < -0.3 is 15.9 Å². The predicted octanol–water partition coefficient (Wildman–Crippen LogP) is 1.22. The lowest BCUT2D eigenvalue weighted by Gasteiger charge is -2.19. The molecule has 0 aliphatic rings. The fraction of sp³-hybridized carbons (Fsp3) is 0.364. The Labute approximate surface area is 107 Å². The summed E-state index contributed by atoms with van der Waals surface area (Å²) in [6.07, 6.45) is -3.11. The SMILES string of the molecule is CC(=O)SCC(O)C(O)c1c(N)ccc(F)c1F. The molecular formula is C11H13F2NO3S. The van der Waals surface area contributed by atoms with Crippen molar-refractivity contribution in [3.05, 3.63) is 29.3 Å². The molecule has 0 aliphatic heterocycles. The van der Waals surface area contributed by atoms with Crippen LogP contribution < -0.4 is 5.73 Å². The van der Waals surface area contributed by atoms with E-state index in [4.69, 9.17) is 5.73 Å². The van der Waals surface area contributed by atoms with Gasteiger partial charge in [-0.05, 0) is 12.1 Å². The van der Waals surface area contributed by atoms with Crippen molar-refractivity contribution >= 4 is 22.6 Å². The van der Waals surface area contributed by atoms with E-state index in [1.165, 1.54) is 6.92 Å². The summed E-state index contributed by atoms with van der Waals surface area (Å²) >= 11 is 0.772. The predicted molar refractivity (Wildman–Crippen MR) is 64.9 cm³/mol. The molecule has 18 heavy (non-hydrogen) atoms. The number of halogens is 2. The maximum atomic E-state index is 13.5. The minimum absolute atomic E-state index is 0.133. The Morgan fingerprint density at radius 3 is 2.61 bits per heavy atom. The number of aliphatic hydroxyl groups is 2. The van der Waals surface area contributed by atoms with E-state index in [1.54, 1.807) is 0 Å². The van der Waals surface area contributed by atoms with Crippen LogP contribution in [0.15, 0.2) is 12.1 Å². The largest absolute Gasteiger partial charge is 0.398 e. The van der Waals surface area contributed by atoms with Gasteiger partial charge in [-0.15, -0.1) is 0 Å². The van der Waals surface area contributed by atoms with Crippen LogP contribution in [-0.4, -0.2) is 27.2 Å². The van der Waals surface area contributed by atoms with Gasteiger partial charge in [-0.2, -0.15) is 0 Å². The summed E-state index contributed by atoms with van der Waals surface area (Å²) in [5.41, 5.74) is 4.78. The van der Waals surface area contributed by atoms with E-state index < -0.39 is 29.4 Å². The number of rotatable bonds is 4. The highest BCUT2D eigenvalue weighted by atomic mass is 32.2. The minimum Gasteiger partial charge on any atom is -0.398 e. The first-order chi connectivity index (χ1) is 8.34. The molecule has 1 aromatic carbocycles. The molecule has 0 heterocycles. The molecule has 1 rings (SSSR count). The van der Waals surface area contributed by atoms with Gasteiger partial charge in [-0.3, -0.25) is 4.79 Å². The summed E-state index contributed by atoms with van der Waals surface area (Å²) in [5, 5.41) is 19.1. The van der Waals surface area contributed by atoms with Gasteiger partial charge in [0.2, 0.25) is 0 Å². The van der Waals surface area contributed by atoms with Crippen LogP contribution in [0.25, 0.3) is 0 Å². The van der Waals surface area contributed by atoms with Gasteiger partial charge in [-0.1, -0.05) is 11.8 Å². The van der Waals surface area contributed by atoms with E-state index >= 15 is 0 Å². The lowest BCUT2D eigenvalue weighted by Crippen LogP contribution is -2.23. The Morgan fingerprint density at radius 2 is 2.06 bits per heavy atom. The van der Waals surface area contributed by atoms with Crippen LogP contribution in [-0.2, 0) is 4.79 Å². The number of carbonyl (C=O) groups is 1. The molecule has 0 spiro atoms. The van der Waals surface area contributed by atoms with Crippen LogP contribution in [0, 0.1) is 11.6 Å². The molecule has 1 aromatic rings. The van der Waals surface area contributed by atoms with E-state index in [1.807, 2.05) is 0 Å². The third-order valence-corrected chi connectivity index (χ3v) is 3.20. The molecule has 0 bridgehead atoms. The second-order valence-corrected chi connectivity index (χ2v) is 4.88. The van der Waals surface area contributed by atoms with Gasteiger partial charge in [0.05, 0.1) is 6.10 Å². The average molecular weight is 277 g/mol. The molecular weight excluding hydrogens is 264 g/mol. The Bertz CT molecular complexity index is 456. The summed E-state index contributed by atoms with van der Waals surface area (Å²) in [6.45, 7) is 1.29. The van der Waals surface area contributed by atoms with Crippen LogP contribution in [0.4, 0.5) is 14.5 Å². The Kier molecular flexibility index (Phi) is 5.06. The molecule has 0 aliphatic carbocycles. The molecule has 0 radical (unpaired) electrons. The molecule has 4 N–H and O–H groups in total. The summed E-state index contributed by atoms with van der Waals surface area (Å²) < 4.78 is 26.5. The number of hydrogen-bond acceptors (Lipinski definition) is 5. The molecule has 0 amide bonds. The Hall–Kier alpha value is -1.18. The summed E-state index contributed by atoms with van der Waals surface area (Å²) in [7, 11) is 0. The first-order valence-corrected chi connectivity index (χ1v) is 6.06. The zero-order valence-electron chi connectivity index (χ0n) is 9.56. The minimum atomic E-state index is -1.69. The fourth-order valence-electron chi connectivity index (χ4n) is 1.37. The standard InChI is InChI=1S/C11H13F2NO3S/c1-5(15)18-4-8(16)11(17)9-7(14)3-2-6(12)10(9)13/h2-3,8,11,16-17H,4,14H2,1H3. The Balaban J connectivity index is 2.92. The van der Waals surface area contributed by atoms with Crippen molar-refractivity contribution in [1.29, 1.82) is 0 Å². The van der Waals surface area contributed by atoms with E-state index in [9.17, 15) is 23.8 Å². The van der Waals surface area contributed by atoms with Crippen molar-refractivity contribution < 1.29 is 23.8 Å². The van der Waals surface area contributed by atoms with Crippen molar-refractivity contribution in [1.82, 2.24) is 0 Å². The van der Waals surface area contributed by atoms with E-state index in [-0.39, 0.29) is 16.6 Å². The van der Waals surface area contributed by atoms with Crippen LogP contribution in [0.3, 0.4) is 0 Å². The topological polar surface area (TPSA) is 83.5 Å². The van der Waals surface area contributed by atoms with Crippen molar-refractivity contribution in [2.24, 2.45) is 0 Å². The van der Waals surface area contributed by atoms with Crippen LogP contribution in [0.5, 0.6) is 0 Å². The van der Waals surface area contributed by atoms with Crippen molar-refractivity contribution in [2.75, 3.05) is 11.5 Å². The lowest BCUT2D eigenvalue weighted by atomic mass is 10.0. The maximum absolute atomic E-state index is 13.5. The molecule has 2 unspecified atom stereocenters. The Morgan fingerprint density at radius 1 is 1.44 bits per heavy atom. The van der Waals surface area contributed by atoms with E-state index in [0.29, 0.717) is 0 Å². The molecule has 2 atom stereocenters.